The van der Waals surface area contributed by atoms with Gasteiger partial charge >= 0.3 is 0 Å². The summed E-state index contributed by atoms with van der Waals surface area (Å²) in [5.41, 5.74) is 2.28. The van der Waals surface area contributed by atoms with E-state index in [0.29, 0.717) is 12.5 Å². The molecule has 2 N–H and O–H groups in total. The highest BCUT2D eigenvalue weighted by atomic mass is 16.5. The highest BCUT2D eigenvalue weighted by Gasteiger charge is 2.06. The third kappa shape index (κ3) is 6.45. The van der Waals surface area contributed by atoms with Crippen LogP contribution < -0.4 is 15.4 Å². The van der Waals surface area contributed by atoms with E-state index in [-0.39, 0.29) is 0 Å². The minimum Gasteiger partial charge on any atom is -0.497 e. The molecule has 0 saturated carbocycles. The van der Waals surface area contributed by atoms with Crippen molar-refractivity contribution in [3.8, 4) is 5.75 Å². The summed E-state index contributed by atoms with van der Waals surface area (Å²) in [6.07, 6.45) is 2.82. The van der Waals surface area contributed by atoms with Gasteiger partial charge in [0.05, 0.1) is 19.3 Å². The summed E-state index contributed by atoms with van der Waals surface area (Å²) in [4.78, 5) is 8.89. The number of ether oxygens (including phenoxy) is 1. The van der Waals surface area contributed by atoms with Crippen LogP contribution in [0.2, 0.25) is 0 Å². The standard InChI is InChI=1S/C20H28N4O/c1-4-21-20(24-15-18-7-5-6-13-22-18)23-14-12-16(2)17-8-10-19(25-3)11-9-17/h5-11,13,16H,4,12,14-15H2,1-3H3,(H2,21,23,24). The quantitative estimate of drug-likeness (QED) is 0.572. The molecule has 134 valence electrons. The van der Waals surface area contributed by atoms with Gasteiger partial charge in [0.1, 0.15) is 5.75 Å². The molecule has 0 spiro atoms. The molecule has 0 aliphatic heterocycles. The van der Waals surface area contributed by atoms with Crippen LogP contribution in [0.15, 0.2) is 53.7 Å². The monoisotopic (exact) mass is 340 g/mol. The van der Waals surface area contributed by atoms with Crippen molar-refractivity contribution in [3.63, 3.8) is 0 Å². The molecule has 25 heavy (non-hydrogen) atoms. The number of benzene rings is 1. The Morgan fingerprint density at radius 2 is 1.96 bits per heavy atom. The normalized spacial score (nSPS) is 12.5. The first-order chi connectivity index (χ1) is 12.2. The fourth-order valence-electron chi connectivity index (χ4n) is 2.50. The highest BCUT2D eigenvalue weighted by Crippen LogP contribution is 2.21. The number of aromatic nitrogens is 1. The summed E-state index contributed by atoms with van der Waals surface area (Å²) >= 11 is 0. The Morgan fingerprint density at radius 3 is 2.60 bits per heavy atom. The Hall–Kier alpha value is -2.56. The van der Waals surface area contributed by atoms with Gasteiger partial charge in [0.2, 0.25) is 0 Å². The van der Waals surface area contributed by atoms with Crippen LogP contribution in [0.3, 0.4) is 0 Å². The summed E-state index contributed by atoms with van der Waals surface area (Å²) in [7, 11) is 1.69. The van der Waals surface area contributed by atoms with Crippen LogP contribution in [-0.2, 0) is 6.54 Å². The van der Waals surface area contributed by atoms with Crippen LogP contribution in [0.4, 0.5) is 0 Å². The molecule has 5 heteroatoms. The van der Waals surface area contributed by atoms with E-state index in [9.17, 15) is 0 Å². The lowest BCUT2D eigenvalue weighted by atomic mass is 9.98. The molecule has 0 aliphatic carbocycles. The summed E-state index contributed by atoms with van der Waals surface area (Å²) in [6.45, 7) is 6.58. The van der Waals surface area contributed by atoms with Crippen LogP contribution in [0, 0.1) is 0 Å². The van der Waals surface area contributed by atoms with E-state index in [1.807, 2.05) is 30.3 Å². The molecular weight excluding hydrogens is 312 g/mol. The molecule has 5 nitrogen and oxygen atoms in total. The second kappa shape index (κ2) is 10.3. The van der Waals surface area contributed by atoms with Crippen molar-refractivity contribution in [2.45, 2.75) is 32.7 Å². The maximum absolute atomic E-state index is 5.21. The molecule has 0 aliphatic rings. The fraction of sp³-hybridized carbons (Fsp3) is 0.400. The fourth-order valence-corrected chi connectivity index (χ4v) is 2.50. The second-order valence-electron chi connectivity index (χ2n) is 5.91. The van der Waals surface area contributed by atoms with Gasteiger partial charge in [-0.05, 0) is 49.1 Å². The summed E-state index contributed by atoms with van der Waals surface area (Å²) < 4.78 is 5.21. The molecule has 1 aromatic heterocycles. The Bertz CT molecular complexity index is 641. The SMILES string of the molecule is CCNC(=NCc1ccccn1)NCCC(C)c1ccc(OC)cc1. The zero-order valence-electron chi connectivity index (χ0n) is 15.3. The number of hydrogen-bond donors (Lipinski definition) is 2. The molecule has 1 atom stereocenters. The van der Waals surface area contributed by atoms with E-state index >= 15 is 0 Å². The third-order valence-corrected chi connectivity index (χ3v) is 4.02. The molecule has 0 fully saturated rings. The smallest absolute Gasteiger partial charge is 0.191 e. The first-order valence-electron chi connectivity index (χ1n) is 8.79. The lowest BCUT2D eigenvalue weighted by Gasteiger charge is -2.15. The summed E-state index contributed by atoms with van der Waals surface area (Å²) in [6, 6.07) is 14.2. The number of pyridine rings is 1. The van der Waals surface area contributed by atoms with Crippen LogP contribution in [0.5, 0.6) is 5.75 Å². The minimum atomic E-state index is 0.470. The molecule has 1 aromatic carbocycles. The number of hydrogen-bond acceptors (Lipinski definition) is 3. The predicted octanol–water partition coefficient (Wildman–Crippen LogP) is 3.34. The zero-order chi connectivity index (χ0) is 17.9. The molecule has 1 unspecified atom stereocenters. The molecule has 1 heterocycles. The van der Waals surface area contributed by atoms with Gasteiger partial charge in [0, 0.05) is 19.3 Å². The van der Waals surface area contributed by atoms with E-state index in [1.54, 1.807) is 13.3 Å². The zero-order valence-corrected chi connectivity index (χ0v) is 15.3. The molecule has 0 radical (unpaired) electrons. The van der Waals surface area contributed by atoms with Crippen molar-refractivity contribution in [1.82, 2.24) is 15.6 Å². The van der Waals surface area contributed by atoms with Crippen molar-refractivity contribution in [2.75, 3.05) is 20.2 Å². The number of nitrogens with zero attached hydrogens (tertiary/aromatic N) is 2. The molecule has 0 bridgehead atoms. The van der Waals surface area contributed by atoms with E-state index in [0.717, 1.165) is 36.9 Å². The van der Waals surface area contributed by atoms with E-state index in [2.05, 4.69) is 46.6 Å². The van der Waals surface area contributed by atoms with Gasteiger partial charge in [-0.3, -0.25) is 4.98 Å². The van der Waals surface area contributed by atoms with Crippen molar-refractivity contribution in [1.29, 1.82) is 0 Å². The van der Waals surface area contributed by atoms with E-state index in [4.69, 9.17) is 4.74 Å². The average Bonchev–Trinajstić information content (AvgIpc) is 2.67. The minimum absolute atomic E-state index is 0.470. The number of nitrogens with one attached hydrogen (secondary N) is 2. The third-order valence-electron chi connectivity index (χ3n) is 4.02. The molecular formula is C20H28N4O. The van der Waals surface area contributed by atoms with Gasteiger partial charge in [0.25, 0.3) is 0 Å². The summed E-state index contributed by atoms with van der Waals surface area (Å²) in [5, 5.41) is 6.68. The van der Waals surface area contributed by atoms with Crippen LogP contribution in [0.1, 0.15) is 37.4 Å². The van der Waals surface area contributed by atoms with Gasteiger partial charge in [-0.15, -0.1) is 0 Å². The van der Waals surface area contributed by atoms with Crippen molar-refractivity contribution < 1.29 is 4.74 Å². The number of methoxy groups -OCH3 is 1. The maximum atomic E-state index is 5.21. The van der Waals surface area contributed by atoms with Gasteiger partial charge in [-0.1, -0.05) is 25.1 Å². The van der Waals surface area contributed by atoms with Crippen molar-refractivity contribution in [3.05, 3.63) is 59.9 Å². The summed E-state index contributed by atoms with van der Waals surface area (Å²) in [5.74, 6) is 2.19. The Balaban J connectivity index is 1.83. The Morgan fingerprint density at radius 1 is 1.16 bits per heavy atom. The Kier molecular flexibility index (Phi) is 7.76. The van der Waals surface area contributed by atoms with E-state index < -0.39 is 0 Å². The number of rotatable bonds is 8. The van der Waals surface area contributed by atoms with Crippen LogP contribution >= 0.6 is 0 Å². The predicted molar refractivity (Wildman–Crippen MR) is 103 cm³/mol. The van der Waals surface area contributed by atoms with E-state index in [1.165, 1.54) is 5.56 Å². The van der Waals surface area contributed by atoms with Gasteiger partial charge in [0.15, 0.2) is 5.96 Å². The van der Waals surface area contributed by atoms with Crippen LogP contribution in [0.25, 0.3) is 0 Å². The lowest BCUT2D eigenvalue weighted by molar-refractivity contribution is 0.414. The first-order valence-corrected chi connectivity index (χ1v) is 8.79. The van der Waals surface area contributed by atoms with Crippen molar-refractivity contribution >= 4 is 5.96 Å². The van der Waals surface area contributed by atoms with Gasteiger partial charge < -0.3 is 15.4 Å². The molecule has 2 aromatic rings. The average molecular weight is 340 g/mol. The molecule has 0 saturated heterocycles. The molecule has 2 rings (SSSR count). The largest absolute Gasteiger partial charge is 0.497 e. The topological polar surface area (TPSA) is 58.5 Å². The maximum Gasteiger partial charge on any atom is 0.191 e. The van der Waals surface area contributed by atoms with Crippen molar-refractivity contribution in [2.24, 2.45) is 4.99 Å². The van der Waals surface area contributed by atoms with Gasteiger partial charge in [-0.2, -0.15) is 0 Å². The Labute approximate surface area is 150 Å². The van der Waals surface area contributed by atoms with Gasteiger partial charge in [-0.25, -0.2) is 4.99 Å². The first kappa shape index (κ1) is 18.8. The highest BCUT2D eigenvalue weighted by molar-refractivity contribution is 5.79. The number of guanidine groups is 1. The van der Waals surface area contributed by atoms with Crippen LogP contribution in [-0.4, -0.2) is 31.1 Å². The number of aliphatic imine (C=N–C) groups is 1. The molecule has 0 amide bonds. The second-order valence-corrected chi connectivity index (χ2v) is 5.91. The lowest BCUT2D eigenvalue weighted by Crippen LogP contribution is -2.38.